The van der Waals surface area contributed by atoms with Crippen molar-refractivity contribution in [2.75, 3.05) is 5.73 Å². The number of nitrogens with zero attached hydrogens (tertiary/aromatic N) is 2. The number of hydrogen-bond acceptors (Lipinski definition) is 3. The Kier molecular flexibility index (Phi) is 1.62. The van der Waals surface area contributed by atoms with Crippen LogP contribution in [0.2, 0.25) is 0 Å². The smallest absolute Gasteiger partial charge is 0.127 e. The Bertz CT molecular complexity index is 167. The van der Waals surface area contributed by atoms with Crippen LogP contribution in [0.5, 0.6) is 0 Å². The quantitative estimate of drug-likeness (QED) is 0.517. The summed E-state index contributed by atoms with van der Waals surface area (Å²) >= 11 is 2.05. The van der Waals surface area contributed by atoms with Gasteiger partial charge in [-0.1, -0.05) is 0 Å². The van der Waals surface area contributed by atoms with Gasteiger partial charge >= 0.3 is 0 Å². The van der Waals surface area contributed by atoms with Crippen molar-refractivity contribution in [1.29, 1.82) is 0 Å². The maximum atomic E-state index is 5.39. The molecule has 0 aliphatic carbocycles. The van der Waals surface area contributed by atoms with Crippen LogP contribution >= 0.6 is 22.6 Å². The zero-order valence-corrected chi connectivity index (χ0v) is 6.16. The molecule has 2 N–H and O–H groups in total. The third-order valence-electron chi connectivity index (χ3n) is 0.690. The van der Waals surface area contributed by atoms with E-state index in [4.69, 9.17) is 5.73 Å². The van der Waals surface area contributed by atoms with Gasteiger partial charge in [-0.15, -0.1) is 0 Å². The lowest BCUT2D eigenvalue weighted by atomic mass is 10.6. The van der Waals surface area contributed by atoms with Crippen molar-refractivity contribution in [2.24, 2.45) is 0 Å². The maximum absolute atomic E-state index is 5.39. The summed E-state index contributed by atoms with van der Waals surface area (Å²) in [5, 5.41) is 0. The van der Waals surface area contributed by atoms with Crippen LogP contribution in [0.25, 0.3) is 0 Å². The minimum absolute atomic E-state index is 0.633. The third kappa shape index (κ3) is 1.06. The van der Waals surface area contributed by atoms with E-state index in [1.54, 1.807) is 6.20 Å². The minimum Gasteiger partial charge on any atom is -0.395 e. The fourth-order valence-corrected chi connectivity index (χ4v) is 0.589. The molecule has 3 nitrogen and oxygen atoms in total. The number of nitrogen functional groups attached to an aromatic ring is 1. The monoisotopic (exact) mass is 221 g/mol. The largest absolute Gasteiger partial charge is 0.395 e. The molecule has 1 rings (SSSR count). The highest BCUT2D eigenvalue weighted by Crippen LogP contribution is 2.06. The summed E-state index contributed by atoms with van der Waals surface area (Å²) in [6.45, 7) is 0. The molecule has 0 spiro atoms. The Morgan fingerprint density at radius 3 is 2.75 bits per heavy atom. The molecule has 0 bridgehead atoms. The van der Waals surface area contributed by atoms with E-state index >= 15 is 0 Å². The zero-order chi connectivity index (χ0) is 5.98. The predicted molar refractivity (Wildman–Crippen MR) is 39.2 cm³/mol. The van der Waals surface area contributed by atoms with Gasteiger partial charge in [0.15, 0.2) is 0 Å². The summed E-state index contributed by atoms with van der Waals surface area (Å²) in [5.41, 5.74) is 6.02. The molecule has 0 fully saturated rings. The molecule has 0 saturated carbocycles. The maximum Gasteiger partial charge on any atom is 0.127 e. The zero-order valence-electron chi connectivity index (χ0n) is 4.00. The average Bonchev–Trinajstić information content (AvgIpc) is 1.77. The Hall–Kier alpha value is -0.390. The lowest BCUT2D eigenvalue weighted by Crippen LogP contribution is -1.91. The van der Waals surface area contributed by atoms with Crippen molar-refractivity contribution >= 4 is 28.3 Å². The van der Waals surface area contributed by atoms with E-state index in [0.717, 1.165) is 3.70 Å². The number of aromatic nitrogens is 2. The molecule has 4 heteroatoms. The molecular formula is C4H4IN3. The van der Waals surface area contributed by atoms with E-state index in [-0.39, 0.29) is 0 Å². The molecule has 0 radical (unpaired) electrons. The van der Waals surface area contributed by atoms with Crippen molar-refractivity contribution < 1.29 is 0 Å². The summed E-state index contributed by atoms with van der Waals surface area (Å²) in [6, 6.07) is 0. The highest BCUT2D eigenvalue weighted by atomic mass is 127. The molecule has 42 valence electrons. The molecule has 1 heterocycles. The van der Waals surface area contributed by atoms with Gasteiger partial charge in [0.25, 0.3) is 0 Å². The second-order valence-corrected chi connectivity index (χ2v) is 2.29. The average molecular weight is 221 g/mol. The van der Waals surface area contributed by atoms with Crippen molar-refractivity contribution in [1.82, 2.24) is 9.97 Å². The first-order valence-electron chi connectivity index (χ1n) is 2.01. The van der Waals surface area contributed by atoms with Crippen molar-refractivity contribution in [3.05, 3.63) is 16.2 Å². The number of halogens is 1. The number of hydrogen-bond donors (Lipinski definition) is 1. The lowest BCUT2D eigenvalue weighted by molar-refractivity contribution is 1.14. The van der Waals surface area contributed by atoms with Gasteiger partial charge < -0.3 is 5.73 Å². The van der Waals surface area contributed by atoms with E-state index in [0.29, 0.717) is 5.69 Å². The Labute approximate surface area is 60.5 Å². The van der Waals surface area contributed by atoms with Gasteiger partial charge in [0.2, 0.25) is 0 Å². The van der Waals surface area contributed by atoms with Crippen LogP contribution < -0.4 is 5.73 Å². The first-order valence-corrected chi connectivity index (χ1v) is 3.09. The van der Waals surface area contributed by atoms with Crippen molar-refractivity contribution in [2.45, 2.75) is 0 Å². The highest BCUT2D eigenvalue weighted by molar-refractivity contribution is 14.1. The molecule has 0 unspecified atom stereocenters. The van der Waals surface area contributed by atoms with Gasteiger partial charge in [0.1, 0.15) is 10.0 Å². The topological polar surface area (TPSA) is 51.8 Å². The molecule has 1 aromatic heterocycles. The summed E-state index contributed by atoms with van der Waals surface area (Å²) < 4.78 is 0.803. The first-order chi connectivity index (χ1) is 3.80. The third-order valence-corrected chi connectivity index (χ3v) is 1.59. The van der Waals surface area contributed by atoms with Gasteiger partial charge in [0, 0.05) is 0 Å². The number of rotatable bonds is 0. The van der Waals surface area contributed by atoms with Crippen LogP contribution in [0.15, 0.2) is 12.5 Å². The molecule has 8 heavy (non-hydrogen) atoms. The lowest BCUT2D eigenvalue weighted by Gasteiger charge is -1.90. The summed E-state index contributed by atoms with van der Waals surface area (Å²) in [7, 11) is 0. The molecule has 0 aromatic carbocycles. The van der Waals surface area contributed by atoms with Crippen LogP contribution in [-0.2, 0) is 0 Å². The SMILES string of the molecule is Nc1cncnc1I. The summed E-state index contributed by atoms with van der Waals surface area (Å²) in [6.07, 6.45) is 3.05. The minimum atomic E-state index is 0.633. The molecule has 0 saturated heterocycles. The number of nitrogens with two attached hydrogens (primary N) is 1. The highest BCUT2D eigenvalue weighted by Gasteiger charge is 1.89. The second-order valence-electron chi connectivity index (χ2n) is 1.27. The van der Waals surface area contributed by atoms with Gasteiger partial charge in [-0.05, 0) is 22.6 Å². The Morgan fingerprint density at radius 1 is 1.62 bits per heavy atom. The molecular weight excluding hydrogens is 217 g/mol. The van der Waals surface area contributed by atoms with Crippen molar-refractivity contribution in [3.8, 4) is 0 Å². The summed E-state index contributed by atoms with van der Waals surface area (Å²) in [4.78, 5) is 7.53. The fourth-order valence-electron chi connectivity index (χ4n) is 0.325. The molecule has 0 amide bonds. The van der Waals surface area contributed by atoms with E-state index in [9.17, 15) is 0 Å². The first kappa shape index (κ1) is 5.74. The molecule has 1 aromatic rings. The van der Waals surface area contributed by atoms with Gasteiger partial charge in [-0.3, -0.25) is 0 Å². The van der Waals surface area contributed by atoms with Crippen LogP contribution in [0.1, 0.15) is 0 Å². The standard InChI is InChI=1S/C4H4IN3/c5-4-3(6)1-7-2-8-4/h1-2H,6H2. The fraction of sp³-hybridized carbons (Fsp3) is 0. The van der Waals surface area contributed by atoms with Crippen LogP contribution in [0.3, 0.4) is 0 Å². The molecule has 0 atom stereocenters. The Morgan fingerprint density at radius 2 is 2.38 bits per heavy atom. The molecule has 0 aliphatic rings. The van der Waals surface area contributed by atoms with Crippen molar-refractivity contribution in [3.63, 3.8) is 0 Å². The van der Waals surface area contributed by atoms with Gasteiger partial charge in [-0.2, -0.15) is 0 Å². The molecule has 0 aliphatic heterocycles. The summed E-state index contributed by atoms with van der Waals surface area (Å²) in [5.74, 6) is 0. The van der Waals surface area contributed by atoms with Gasteiger partial charge in [0.05, 0.1) is 11.9 Å². The second kappa shape index (κ2) is 2.25. The normalized spacial score (nSPS) is 9.12. The van der Waals surface area contributed by atoms with Crippen LogP contribution in [-0.4, -0.2) is 9.97 Å². The van der Waals surface area contributed by atoms with E-state index < -0.39 is 0 Å². The van der Waals surface area contributed by atoms with Crippen LogP contribution in [0, 0.1) is 3.70 Å². The van der Waals surface area contributed by atoms with E-state index in [2.05, 4.69) is 9.97 Å². The van der Waals surface area contributed by atoms with E-state index in [1.807, 2.05) is 22.6 Å². The number of anilines is 1. The van der Waals surface area contributed by atoms with Crippen LogP contribution in [0.4, 0.5) is 5.69 Å². The Balaban J connectivity index is 3.13. The van der Waals surface area contributed by atoms with Gasteiger partial charge in [-0.25, -0.2) is 9.97 Å². The predicted octanol–water partition coefficient (Wildman–Crippen LogP) is 0.663. The van der Waals surface area contributed by atoms with E-state index in [1.165, 1.54) is 6.33 Å².